The van der Waals surface area contributed by atoms with E-state index in [1.54, 1.807) is 0 Å². The largest absolute Gasteiger partial charge is 3.00 e. The molecule has 0 N–H and O–H groups in total. The van der Waals surface area contributed by atoms with Crippen molar-refractivity contribution < 1.29 is 31.1 Å². The summed E-state index contributed by atoms with van der Waals surface area (Å²) < 4.78 is 0. The zero-order chi connectivity index (χ0) is 7.52. The quantitative estimate of drug-likeness (QED) is 0.340. The zero-order valence-electron chi connectivity index (χ0n) is 8.23. The van der Waals surface area contributed by atoms with Crippen molar-refractivity contribution in [3.8, 4) is 0 Å². The van der Waals surface area contributed by atoms with Gasteiger partial charge in [-0.3, -0.25) is 6.08 Å². The molecule has 0 amide bonds. The summed E-state index contributed by atoms with van der Waals surface area (Å²) in [5, 5.41) is 0. The molecule has 0 atom stereocenters. The maximum atomic E-state index is 3.43. The molecule has 2 rings (SSSR count). The van der Waals surface area contributed by atoms with Gasteiger partial charge in [-0.1, -0.05) is 19.3 Å². The predicted octanol–water partition coefficient (Wildman–Crippen LogP) is -2.74. The van der Waals surface area contributed by atoms with Crippen molar-refractivity contribution >= 4 is 0 Å². The summed E-state index contributed by atoms with van der Waals surface area (Å²) >= 11 is 0. The van der Waals surface area contributed by atoms with Crippen molar-refractivity contribution in [1.82, 2.24) is 0 Å². The minimum absolute atomic E-state index is 0. The third-order valence-corrected chi connectivity index (χ3v) is 2.77. The minimum atomic E-state index is 0. The van der Waals surface area contributed by atoms with E-state index in [2.05, 4.69) is 18.2 Å². The topological polar surface area (TPSA) is 0 Å². The van der Waals surface area contributed by atoms with E-state index < -0.39 is 0 Å². The first kappa shape index (κ1) is 16.5. The van der Waals surface area contributed by atoms with Gasteiger partial charge in [-0.25, -0.2) is 11.6 Å². The van der Waals surface area contributed by atoms with Crippen LogP contribution >= 0.6 is 0 Å². The first-order valence-electron chi connectivity index (χ1n) is 4.74. The van der Waals surface area contributed by atoms with Gasteiger partial charge < -0.3 is 9.41 Å². The molecule has 0 unspecified atom stereocenters. The normalized spacial score (nSPS) is 20.1. The molecule has 1 fully saturated rings. The monoisotopic (exact) mass is 233 g/mol. The van der Waals surface area contributed by atoms with Crippen molar-refractivity contribution in [2.75, 3.05) is 0 Å². The molecule has 0 saturated heterocycles. The van der Waals surface area contributed by atoms with Crippen LogP contribution < -0.4 is 9.41 Å². The van der Waals surface area contributed by atoms with E-state index in [4.69, 9.17) is 0 Å². The second-order valence-electron chi connectivity index (χ2n) is 3.57. The van der Waals surface area contributed by atoms with Crippen LogP contribution in [0.15, 0.2) is 17.7 Å². The van der Waals surface area contributed by atoms with E-state index >= 15 is 0 Å². The van der Waals surface area contributed by atoms with Gasteiger partial charge in [0, 0.05) is 0 Å². The summed E-state index contributed by atoms with van der Waals surface area (Å²) in [6.45, 7) is 0. The van der Waals surface area contributed by atoms with Crippen molar-refractivity contribution in [2.24, 2.45) is 5.92 Å². The molecule has 0 aromatic rings. The summed E-state index contributed by atoms with van der Waals surface area (Å²) in [6, 6.07) is 0. The number of hydrogen-bond donors (Lipinski definition) is 0. The summed E-state index contributed by atoms with van der Waals surface area (Å²) in [6.07, 6.45) is 16.1. The molecule has 2 aliphatic carbocycles. The van der Waals surface area contributed by atoms with Gasteiger partial charge in [-0.2, -0.15) is 6.08 Å². The summed E-state index contributed by atoms with van der Waals surface area (Å²) in [4.78, 5) is 0. The second kappa shape index (κ2) is 8.37. The van der Waals surface area contributed by atoms with Gasteiger partial charge in [0.25, 0.3) is 0 Å². The molecule has 0 spiro atoms. The van der Waals surface area contributed by atoms with Gasteiger partial charge in [0.2, 0.25) is 0 Å². The molecule has 0 bridgehead atoms. The third kappa shape index (κ3) is 4.06. The Kier molecular flexibility index (Phi) is 9.85. The van der Waals surface area contributed by atoms with E-state index in [1.807, 2.05) is 0 Å². The molecule has 14 heavy (non-hydrogen) atoms. The molecular formula is C11H15F2Ti. The Morgan fingerprint density at radius 1 is 1.07 bits per heavy atom. The van der Waals surface area contributed by atoms with Gasteiger partial charge in [0.05, 0.1) is 0 Å². The van der Waals surface area contributed by atoms with Gasteiger partial charge in [-0.05, 0) is 18.8 Å². The van der Waals surface area contributed by atoms with Crippen LogP contribution in [-0.4, -0.2) is 0 Å². The van der Waals surface area contributed by atoms with Crippen LogP contribution in [0.1, 0.15) is 38.5 Å². The van der Waals surface area contributed by atoms with Gasteiger partial charge in [0.15, 0.2) is 0 Å². The molecule has 2 aliphatic rings. The van der Waals surface area contributed by atoms with Crippen LogP contribution in [0.25, 0.3) is 0 Å². The Morgan fingerprint density at radius 3 is 2.21 bits per heavy atom. The van der Waals surface area contributed by atoms with Crippen molar-refractivity contribution in [3.05, 3.63) is 23.8 Å². The van der Waals surface area contributed by atoms with Crippen LogP contribution in [0.3, 0.4) is 0 Å². The molecule has 3 heteroatoms. The SMILES string of the molecule is [C-]1=C(C2CCCCC2)C=CC1.[F-].[F-].[Ti+3]. The van der Waals surface area contributed by atoms with E-state index in [9.17, 15) is 0 Å². The number of hydrogen-bond acceptors (Lipinski definition) is 0. The van der Waals surface area contributed by atoms with Gasteiger partial charge in [-0.15, -0.1) is 6.42 Å². The van der Waals surface area contributed by atoms with Crippen LogP contribution in [0.5, 0.6) is 0 Å². The van der Waals surface area contributed by atoms with Gasteiger partial charge in [0.1, 0.15) is 0 Å². The van der Waals surface area contributed by atoms with Gasteiger partial charge >= 0.3 is 21.7 Å². The molecule has 0 nitrogen and oxygen atoms in total. The van der Waals surface area contributed by atoms with E-state index in [0.717, 1.165) is 12.3 Å². The number of rotatable bonds is 1. The molecule has 0 heterocycles. The molecule has 77 valence electrons. The first-order valence-corrected chi connectivity index (χ1v) is 4.74. The van der Waals surface area contributed by atoms with Crippen LogP contribution in [-0.2, 0) is 21.7 Å². The summed E-state index contributed by atoms with van der Waals surface area (Å²) in [5.74, 6) is 0.863. The average molecular weight is 233 g/mol. The smallest absolute Gasteiger partial charge is 1.00 e. The Bertz CT molecular complexity index is 193. The predicted molar refractivity (Wildman–Crippen MR) is 47.1 cm³/mol. The van der Waals surface area contributed by atoms with Crippen molar-refractivity contribution in [3.63, 3.8) is 0 Å². The second-order valence-corrected chi connectivity index (χ2v) is 3.57. The van der Waals surface area contributed by atoms with Crippen LogP contribution in [0, 0.1) is 12.0 Å². The molecule has 1 radical (unpaired) electrons. The van der Waals surface area contributed by atoms with Crippen molar-refractivity contribution in [2.45, 2.75) is 38.5 Å². The fourth-order valence-electron chi connectivity index (χ4n) is 2.12. The Labute approximate surface area is 99.5 Å². The maximum Gasteiger partial charge on any atom is 3.00 e. The van der Waals surface area contributed by atoms with E-state index in [0.29, 0.717) is 0 Å². The molecule has 0 aliphatic heterocycles. The minimum Gasteiger partial charge on any atom is -1.00 e. The molecule has 1 saturated carbocycles. The summed E-state index contributed by atoms with van der Waals surface area (Å²) in [5.41, 5.74) is 1.50. The first-order chi connectivity index (χ1) is 5.47. The maximum absolute atomic E-state index is 3.43. The Morgan fingerprint density at radius 2 is 1.71 bits per heavy atom. The van der Waals surface area contributed by atoms with E-state index in [1.165, 1.54) is 37.7 Å². The van der Waals surface area contributed by atoms with Crippen LogP contribution in [0.4, 0.5) is 0 Å². The summed E-state index contributed by atoms with van der Waals surface area (Å²) in [7, 11) is 0. The fraction of sp³-hybridized carbons (Fsp3) is 0.636. The van der Waals surface area contributed by atoms with Crippen LogP contribution in [0.2, 0.25) is 0 Å². The standard InChI is InChI=1S/C11H15.2FH.Ti/c1-2-6-10(7-3-1)11-8-4-5-9-11;;;/h4,8,10H,1-3,5-7H2;2*1H;/q-1;;;+3/p-2. The third-order valence-electron chi connectivity index (χ3n) is 2.77. The Hall–Kier alpha value is 0.0543. The number of halogens is 2. The molecular weight excluding hydrogens is 218 g/mol. The fourth-order valence-corrected chi connectivity index (χ4v) is 2.12. The number of allylic oxidation sites excluding steroid dienone is 4. The molecule has 0 aromatic heterocycles. The average Bonchev–Trinajstić information content (AvgIpc) is 2.58. The zero-order valence-corrected chi connectivity index (χ0v) is 9.79. The van der Waals surface area contributed by atoms with E-state index in [-0.39, 0.29) is 31.1 Å². The molecule has 0 aromatic carbocycles. The Balaban J connectivity index is 0. The van der Waals surface area contributed by atoms with Crippen molar-refractivity contribution in [1.29, 1.82) is 0 Å².